The molecule has 0 aliphatic carbocycles. The average Bonchev–Trinajstić information content (AvgIpc) is 3.35. The van der Waals surface area contributed by atoms with Gasteiger partial charge in [-0.3, -0.25) is 9.80 Å². The van der Waals surface area contributed by atoms with Crippen molar-refractivity contribution in [2.75, 3.05) is 39.3 Å². The quantitative estimate of drug-likeness (QED) is 0.350. The van der Waals surface area contributed by atoms with Crippen LogP contribution in [0.2, 0.25) is 5.02 Å². The molecule has 0 spiro atoms. The zero-order valence-corrected chi connectivity index (χ0v) is 22.5. The number of rotatable bonds is 11. The van der Waals surface area contributed by atoms with Crippen molar-refractivity contribution in [3.05, 3.63) is 100 Å². The number of hydrogen-bond acceptors (Lipinski definition) is 4. The molecule has 0 saturated carbocycles. The van der Waals surface area contributed by atoms with E-state index in [-0.39, 0.29) is 0 Å². The number of aliphatic hydroxyl groups is 1. The van der Waals surface area contributed by atoms with Gasteiger partial charge in [-0.15, -0.1) is 0 Å². The largest absolute Gasteiger partial charge is 0.492 e. The van der Waals surface area contributed by atoms with E-state index in [2.05, 4.69) is 30.6 Å². The molecule has 0 amide bonds. The van der Waals surface area contributed by atoms with Crippen LogP contribution in [0, 0.1) is 6.92 Å². The lowest BCUT2D eigenvalue weighted by Crippen LogP contribution is -2.37. The van der Waals surface area contributed by atoms with Gasteiger partial charge in [0.25, 0.3) is 0 Å². The summed E-state index contributed by atoms with van der Waals surface area (Å²) in [4.78, 5) is 5.05. The maximum Gasteiger partial charge on any atom is 0.119 e. The highest BCUT2D eigenvalue weighted by Crippen LogP contribution is 2.35. The third-order valence-electron chi connectivity index (χ3n) is 7.49. The van der Waals surface area contributed by atoms with Crippen LogP contribution in [0.5, 0.6) is 5.75 Å². The molecule has 0 aromatic heterocycles. The summed E-state index contributed by atoms with van der Waals surface area (Å²) in [6.45, 7) is 12.6. The van der Waals surface area contributed by atoms with E-state index >= 15 is 0 Å². The van der Waals surface area contributed by atoms with Crippen LogP contribution < -0.4 is 4.74 Å². The number of aryl methyl sites for hydroxylation is 1. The molecule has 1 N–H and O–H groups in total. The minimum absolute atomic E-state index is 0.454. The summed E-state index contributed by atoms with van der Waals surface area (Å²) in [7, 11) is 0. The van der Waals surface area contributed by atoms with Gasteiger partial charge in [0.15, 0.2) is 0 Å². The lowest BCUT2D eigenvalue weighted by atomic mass is 9.81. The van der Waals surface area contributed by atoms with E-state index in [9.17, 15) is 5.11 Å². The summed E-state index contributed by atoms with van der Waals surface area (Å²) in [6, 6.07) is 24.4. The van der Waals surface area contributed by atoms with Crippen molar-refractivity contribution in [2.45, 2.75) is 45.3 Å². The zero-order chi connectivity index (χ0) is 25.5. The standard InChI is InChI=1S/C31H39ClN2O2/c1-4-34(5-2)29-18-19-33(23-29)20-21-36-30-16-12-27(13-17-30)31(35,26-10-6-24(3)7-11-26)22-25-8-14-28(32)15-9-25/h6-17,29,35H,4-5,18-23H2,1-3H3. The van der Waals surface area contributed by atoms with Gasteiger partial charge in [-0.25, -0.2) is 0 Å². The molecule has 4 nitrogen and oxygen atoms in total. The van der Waals surface area contributed by atoms with E-state index in [1.165, 1.54) is 6.42 Å². The van der Waals surface area contributed by atoms with Crippen LogP contribution >= 0.6 is 11.6 Å². The van der Waals surface area contributed by atoms with Gasteiger partial charge in [0.1, 0.15) is 18.0 Å². The van der Waals surface area contributed by atoms with Crippen molar-refractivity contribution < 1.29 is 9.84 Å². The molecule has 2 unspecified atom stereocenters. The Hall–Kier alpha value is -2.37. The topological polar surface area (TPSA) is 35.9 Å². The van der Waals surface area contributed by atoms with Crippen LogP contribution in [0.25, 0.3) is 0 Å². The second-order valence-corrected chi connectivity index (χ2v) is 10.3. The first-order valence-corrected chi connectivity index (χ1v) is 13.5. The predicted molar refractivity (Wildman–Crippen MR) is 149 cm³/mol. The summed E-state index contributed by atoms with van der Waals surface area (Å²) < 4.78 is 6.09. The van der Waals surface area contributed by atoms with E-state index in [0.29, 0.717) is 24.1 Å². The van der Waals surface area contributed by atoms with E-state index in [1.54, 1.807) is 0 Å². The Kier molecular flexibility index (Phi) is 9.08. The average molecular weight is 507 g/mol. The first-order chi connectivity index (χ1) is 17.4. The van der Waals surface area contributed by atoms with Gasteiger partial charge in [-0.05, 0) is 73.9 Å². The van der Waals surface area contributed by atoms with Crippen molar-refractivity contribution in [1.29, 1.82) is 0 Å². The van der Waals surface area contributed by atoms with Gasteiger partial charge in [0.2, 0.25) is 0 Å². The van der Waals surface area contributed by atoms with Crippen LogP contribution in [0.1, 0.15) is 42.5 Å². The Balaban J connectivity index is 1.42. The Morgan fingerprint density at radius 1 is 0.944 bits per heavy atom. The molecular weight excluding hydrogens is 468 g/mol. The summed E-state index contributed by atoms with van der Waals surface area (Å²) in [6.07, 6.45) is 1.69. The van der Waals surface area contributed by atoms with Crippen molar-refractivity contribution in [1.82, 2.24) is 9.80 Å². The summed E-state index contributed by atoms with van der Waals surface area (Å²) in [5, 5.41) is 12.7. The second-order valence-electron chi connectivity index (χ2n) is 9.87. The van der Waals surface area contributed by atoms with E-state index < -0.39 is 5.60 Å². The minimum atomic E-state index is -1.16. The van der Waals surface area contributed by atoms with Crippen molar-refractivity contribution in [3.63, 3.8) is 0 Å². The highest BCUT2D eigenvalue weighted by molar-refractivity contribution is 6.30. The van der Waals surface area contributed by atoms with Gasteiger partial charge in [-0.1, -0.05) is 79.5 Å². The minimum Gasteiger partial charge on any atom is -0.492 e. The Bertz CT molecular complexity index is 1080. The second kappa shape index (κ2) is 12.2. The monoisotopic (exact) mass is 506 g/mol. The number of likely N-dealkylation sites (N-methyl/N-ethyl adjacent to an activating group) is 1. The molecule has 2 atom stereocenters. The lowest BCUT2D eigenvalue weighted by molar-refractivity contribution is 0.0810. The fraction of sp³-hybridized carbons (Fsp3) is 0.419. The number of ether oxygens (including phenoxy) is 1. The number of halogens is 1. The van der Waals surface area contributed by atoms with Crippen LogP contribution in [-0.4, -0.2) is 60.3 Å². The molecule has 192 valence electrons. The number of benzene rings is 3. The lowest BCUT2D eigenvalue weighted by Gasteiger charge is -2.30. The molecule has 0 radical (unpaired) electrons. The van der Waals surface area contributed by atoms with Crippen molar-refractivity contribution in [3.8, 4) is 5.75 Å². The normalized spacial score (nSPS) is 17.9. The highest BCUT2D eigenvalue weighted by Gasteiger charge is 2.32. The fourth-order valence-electron chi connectivity index (χ4n) is 5.27. The molecule has 1 heterocycles. The maximum absolute atomic E-state index is 12.0. The van der Waals surface area contributed by atoms with Crippen molar-refractivity contribution in [2.24, 2.45) is 0 Å². The third kappa shape index (κ3) is 6.49. The predicted octanol–water partition coefficient (Wildman–Crippen LogP) is 5.92. The molecule has 5 heteroatoms. The Morgan fingerprint density at radius 3 is 2.17 bits per heavy atom. The maximum atomic E-state index is 12.0. The molecule has 1 fully saturated rings. The van der Waals surface area contributed by atoms with E-state index in [0.717, 1.165) is 60.7 Å². The van der Waals surface area contributed by atoms with Crippen LogP contribution in [0.3, 0.4) is 0 Å². The SMILES string of the molecule is CCN(CC)C1CCN(CCOc2ccc(C(O)(Cc3ccc(Cl)cc3)c3ccc(C)cc3)cc2)C1. The smallest absolute Gasteiger partial charge is 0.119 e. The molecule has 0 bridgehead atoms. The third-order valence-corrected chi connectivity index (χ3v) is 7.74. The number of likely N-dealkylation sites (tertiary alicyclic amines) is 1. The first kappa shape index (κ1) is 26.7. The van der Waals surface area contributed by atoms with Crippen molar-refractivity contribution >= 4 is 11.6 Å². The Morgan fingerprint density at radius 2 is 1.56 bits per heavy atom. The summed E-state index contributed by atoms with van der Waals surface area (Å²) in [5.41, 5.74) is 2.74. The Labute approximate surface area is 221 Å². The molecule has 1 aliphatic heterocycles. The molecule has 4 rings (SSSR count). The zero-order valence-electron chi connectivity index (χ0n) is 21.8. The van der Waals surface area contributed by atoms with Crippen LogP contribution in [0.4, 0.5) is 0 Å². The number of hydrogen-bond donors (Lipinski definition) is 1. The molecule has 36 heavy (non-hydrogen) atoms. The van der Waals surface area contributed by atoms with E-state index in [4.69, 9.17) is 16.3 Å². The number of nitrogens with zero attached hydrogens (tertiary/aromatic N) is 2. The van der Waals surface area contributed by atoms with Gasteiger partial charge in [0, 0.05) is 30.6 Å². The first-order valence-electron chi connectivity index (χ1n) is 13.1. The molecular formula is C31H39ClN2O2. The van der Waals surface area contributed by atoms with Crippen LogP contribution in [-0.2, 0) is 12.0 Å². The van der Waals surface area contributed by atoms with Gasteiger partial charge in [0.05, 0.1) is 0 Å². The summed E-state index contributed by atoms with van der Waals surface area (Å²) >= 11 is 6.09. The molecule has 3 aromatic rings. The van der Waals surface area contributed by atoms with Crippen LogP contribution in [0.15, 0.2) is 72.8 Å². The fourth-order valence-corrected chi connectivity index (χ4v) is 5.40. The van der Waals surface area contributed by atoms with Gasteiger partial charge >= 0.3 is 0 Å². The van der Waals surface area contributed by atoms with E-state index in [1.807, 2.05) is 72.8 Å². The van der Waals surface area contributed by atoms with Gasteiger partial charge < -0.3 is 9.84 Å². The molecule has 1 saturated heterocycles. The highest BCUT2D eigenvalue weighted by atomic mass is 35.5. The molecule has 1 aliphatic rings. The summed E-state index contributed by atoms with van der Waals surface area (Å²) in [5.74, 6) is 0.830. The molecule has 3 aromatic carbocycles. The van der Waals surface area contributed by atoms with Gasteiger partial charge in [-0.2, -0.15) is 0 Å².